The predicted octanol–water partition coefficient (Wildman–Crippen LogP) is 0.907. The van der Waals surface area contributed by atoms with Crippen LogP contribution in [0.3, 0.4) is 0 Å². The molecule has 0 spiro atoms. The zero-order chi connectivity index (χ0) is 7.56. The highest BCUT2D eigenvalue weighted by atomic mass is 32.1. The summed E-state index contributed by atoms with van der Waals surface area (Å²) < 4.78 is 5.20. The largest absolute Gasteiger partial charge is 0.466 e. The second-order valence-corrected chi connectivity index (χ2v) is 3.04. The zero-order valence-electron chi connectivity index (χ0n) is 5.87. The van der Waals surface area contributed by atoms with Crippen molar-refractivity contribution in [3.05, 3.63) is 0 Å². The van der Waals surface area contributed by atoms with Gasteiger partial charge in [-0.1, -0.05) is 5.10 Å². The summed E-state index contributed by atoms with van der Waals surface area (Å²) >= 11 is 1.25. The SMILES string of the molecule is CC(C)Oc1nnc(N)s1. The predicted molar refractivity (Wildman–Crippen MR) is 40.1 cm³/mol. The molecule has 0 aliphatic carbocycles. The molecule has 56 valence electrons. The minimum atomic E-state index is 0.132. The summed E-state index contributed by atoms with van der Waals surface area (Å²) in [5.41, 5.74) is 5.32. The Labute approximate surface area is 63.0 Å². The number of hydrogen-bond donors (Lipinski definition) is 1. The number of anilines is 1. The summed E-state index contributed by atoms with van der Waals surface area (Å²) in [5.74, 6) is 0. The van der Waals surface area contributed by atoms with E-state index in [9.17, 15) is 0 Å². The van der Waals surface area contributed by atoms with Gasteiger partial charge in [0.1, 0.15) is 0 Å². The van der Waals surface area contributed by atoms with Gasteiger partial charge in [-0.05, 0) is 25.2 Å². The maximum absolute atomic E-state index is 5.32. The van der Waals surface area contributed by atoms with Crippen molar-refractivity contribution in [3.63, 3.8) is 0 Å². The van der Waals surface area contributed by atoms with Crippen molar-refractivity contribution in [2.24, 2.45) is 0 Å². The molecule has 0 bridgehead atoms. The first-order chi connectivity index (χ1) is 4.68. The molecule has 0 saturated heterocycles. The lowest BCUT2D eigenvalue weighted by Crippen LogP contribution is -2.04. The Morgan fingerprint density at radius 3 is 2.60 bits per heavy atom. The molecule has 1 heterocycles. The van der Waals surface area contributed by atoms with E-state index in [1.807, 2.05) is 13.8 Å². The highest BCUT2D eigenvalue weighted by Crippen LogP contribution is 2.19. The molecule has 0 amide bonds. The Bertz CT molecular complexity index is 210. The number of nitrogen functional groups attached to an aromatic ring is 1. The first-order valence-corrected chi connectivity index (χ1v) is 3.76. The molecule has 1 aromatic heterocycles. The lowest BCUT2D eigenvalue weighted by atomic mass is 10.5. The van der Waals surface area contributed by atoms with Gasteiger partial charge in [0.05, 0.1) is 6.10 Å². The molecule has 0 atom stereocenters. The van der Waals surface area contributed by atoms with Crippen LogP contribution < -0.4 is 10.5 Å². The van der Waals surface area contributed by atoms with Gasteiger partial charge in [-0.3, -0.25) is 0 Å². The Morgan fingerprint density at radius 1 is 1.50 bits per heavy atom. The average molecular weight is 159 g/mol. The van der Waals surface area contributed by atoms with E-state index in [2.05, 4.69) is 10.2 Å². The molecule has 0 saturated carbocycles. The highest BCUT2D eigenvalue weighted by molar-refractivity contribution is 7.16. The van der Waals surface area contributed by atoms with Crippen molar-refractivity contribution < 1.29 is 4.74 Å². The Hall–Kier alpha value is -0.840. The number of hydrogen-bond acceptors (Lipinski definition) is 5. The number of nitrogens with zero attached hydrogens (tertiary/aromatic N) is 2. The molecule has 4 nitrogen and oxygen atoms in total. The average Bonchev–Trinajstić information content (AvgIpc) is 2.13. The monoisotopic (exact) mass is 159 g/mol. The molecule has 0 aliphatic heterocycles. The van der Waals surface area contributed by atoms with Gasteiger partial charge in [0.2, 0.25) is 5.13 Å². The summed E-state index contributed by atoms with van der Waals surface area (Å²) in [6, 6.07) is 0. The molecule has 0 fully saturated rings. The van der Waals surface area contributed by atoms with E-state index in [0.29, 0.717) is 10.3 Å². The summed E-state index contributed by atoms with van der Waals surface area (Å²) in [4.78, 5) is 0. The van der Waals surface area contributed by atoms with Crippen LogP contribution in [0.5, 0.6) is 5.19 Å². The Kier molecular flexibility index (Phi) is 2.06. The summed E-state index contributed by atoms with van der Waals surface area (Å²) in [7, 11) is 0. The van der Waals surface area contributed by atoms with Gasteiger partial charge in [-0.2, -0.15) is 0 Å². The first-order valence-electron chi connectivity index (χ1n) is 2.94. The van der Waals surface area contributed by atoms with Crippen LogP contribution in [-0.4, -0.2) is 16.3 Å². The summed E-state index contributed by atoms with van der Waals surface area (Å²) in [6.45, 7) is 3.86. The molecule has 1 rings (SSSR count). The van der Waals surface area contributed by atoms with Crippen LogP contribution in [0.4, 0.5) is 5.13 Å². The van der Waals surface area contributed by atoms with Gasteiger partial charge in [-0.15, -0.1) is 5.10 Å². The zero-order valence-corrected chi connectivity index (χ0v) is 6.68. The first kappa shape index (κ1) is 7.27. The van der Waals surface area contributed by atoms with Crippen LogP contribution in [0.25, 0.3) is 0 Å². The molecule has 0 unspecified atom stereocenters. The van der Waals surface area contributed by atoms with Crippen LogP contribution in [0.15, 0.2) is 0 Å². The summed E-state index contributed by atoms with van der Waals surface area (Å²) in [6.07, 6.45) is 0.132. The molecule has 5 heteroatoms. The second-order valence-electron chi connectivity index (χ2n) is 2.07. The lowest BCUT2D eigenvalue weighted by Gasteiger charge is -2.02. The summed E-state index contributed by atoms with van der Waals surface area (Å²) in [5, 5.41) is 8.24. The van der Waals surface area contributed by atoms with Gasteiger partial charge >= 0.3 is 0 Å². The molecular formula is C5H9N3OS. The normalized spacial score (nSPS) is 10.3. The van der Waals surface area contributed by atoms with Crippen molar-refractivity contribution in [1.29, 1.82) is 0 Å². The quantitative estimate of drug-likeness (QED) is 0.696. The lowest BCUT2D eigenvalue weighted by molar-refractivity contribution is 0.239. The Morgan fingerprint density at radius 2 is 2.20 bits per heavy atom. The maximum Gasteiger partial charge on any atom is 0.296 e. The maximum atomic E-state index is 5.32. The van der Waals surface area contributed by atoms with Gasteiger partial charge in [0, 0.05) is 0 Å². The van der Waals surface area contributed by atoms with Crippen molar-refractivity contribution >= 4 is 16.5 Å². The van der Waals surface area contributed by atoms with Crippen LogP contribution in [0, 0.1) is 0 Å². The number of ether oxygens (including phenoxy) is 1. The molecule has 0 radical (unpaired) electrons. The highest BCUT2D eigenvalue weighted by Gasteiger charge is 2.02. The minimum absolute atomic E-state index is 0.132. The smallest absolute Gasteiger partial charge is 0.296 e. The van der Waals surface area contributed by atoms with E-state index in [-0.39, 0.29) is 6.10 Å². The molecule has 2 N–H and O–H groups in total. The van der Waals surface area contributed by atoms with Crippen LogP contribution in [0.2, 0.25) is 0 Å². The third-order valence-electron chi connectivity index (χ3n) is 0.759. The van der Waals surface area contributed by atoms with Crippen molar-refractivity contribution in [1.82, 2.24) is 10.2 Å². The van der Waals surface area contributed by atoms with Crippen LogP contribution in [0.1, 0.15) is 13.8 Å². The van der Waals surface area contributed by atoms with E-state index in [0.717, 1.165) is 0 Å². The third kappa shape index (κ3) is 1.84. The van der Waals surface area contributed by atoms with Crippen LogP contribution in [-0.2, 0) is 0 Å². The molecular weight excluding hydrogens is 150 g/mol. The van der Waals surface area contributed by atoms with E-state index >= 15 is 0 Å². The van der Waals surface area contributed by atoms with Gasteiger partial charge < -0.3 is 10.5 Å². The third-order valence-corrected chi connectivity index (χ3v) is 1.40. The standard InChI is InChI=1S/C5H9N3OS/c1-3(2)9-5-8-7-4(6)10-5/h3H,1-2H3,(H2,6,7). The molecule has 0 aliphatic rings. The fourth-order valence-electron chi connectivity index (χ4n) is 0.470. The molecule has 0 aromatic carbocycles. The van der Waals surface area contributed by atoms with Gasteiger partial charge in [0.25, 0.3) is 5.19 Å². The van der Waals surface area contributed by atoms with E-state index < -0.39 is 0 Å². The van der Waals surface area contributed by atoms with Gasteiger partial charge in [-0.25, -0.2) is 0 Å². The number of aromatic nitrogens is 2. The van der Waals surface area contributed by atoms with E-state index in [4.69, 9.17) is 10.5 Å². The fraction of sp³-hybridized carbons (Fsp3) is 0.600. The second kappa shape index (κ2) is 2.83. The number of nitrogens with two attached hydrogens (primary N) is 1. The Balaban J connectivity index is 2.58. The van der Waals surface area contributed by atoms with E-state index in [1.165, 1.54) is 11.3 Å². The number of rotatable bonds is 2. The van der Waals surface area contributed by atoms with Crippen molar-refractivity contribution in [2.45, 2.75) is 20.0 Å². The van der Waals surface area contributed by atoms with Crippen LogP contribution >= 0.6 is 11.3 Å². The molecule has 10 heavy (non-hydrogen) atoms. The van der Waals surface area contributed by atoms with E-state index in [1.54, 1.807) is 0 Å². The van der Waals surface area contributed by atoms with Crippen molar-refractivity contribution in [2.75, 3.05) is 5.73 Å². The minimum Gasteiger partial charge on any atom is -0.466 e. The fourth-order valence-corrected chi connectivity index (χ4v) is 1.05. The van der Waals surface area contributed by atoms with Crippen molar-refractivity contribution in [3.8, 4) is 5.19 Å². The topological polar surface area (TPSA) is 61.0 Å². The molecule has 1 aromatic rings. The van der Waals surface area contributed by atoms with Gasteiger partial charge in [0.15, 0.2) is 0 Å².